The Kier molecular flexibility index (Phi) is 7.83. The normalized spacial score (nSPS) is 16.5. The third-order valence-corrected chi connectivity index (χ3v) is 4.61. The summed E-state index contributed by atoms with van der Waals surface area (Å²) in [5, 5.41) is 3.62. The molecule has 2 rings (SSSR count). The van der Waals surface area contributed by atoms with Crippen molar-refractivity contribution in [1.29, 1.82) is 0 Å². The zero-order valence-electron chi connectivity index (χ0n) is 13.7. The molecule has 1 aromatic rings. The first-order valence-electron chi connectivity index (χ1n) is 8.89. The number of nitrogens with one attached hydrogen (secondary N) is 1. The third kappa shape index (κ3) is 6.19. The molecule has 0 atom stereocenters. The molecular weight excluding hydrogens is 256 g/mol. The van der Waals surface area contributed by atoms with Crippen LogP contribution in [0, 0.1) is 0 Å². The van der Waals surface area contributed by atoms with E-state index in [-0.39, 0.29) is 0 Å². The zero-order chi connectivity index (χ0) is 14.8. The van der Waals surface area contributed by atoms with Gasteiger partial charge >= 0.3 is 0 Å². The van der Waals surface area contributed by atoms with Crippen molar-refractivity contribution in [3.8, 4) is 0 Å². The standard InChI is InChI=1S/C19H32N2/c1-2-16-21(19-11-7-4-8-12-19)17-15-20-14-13-18-9-5-3-6-10-18/h3,5-6,9-10,19-20H,2,4,7-8,11-17H2,1H3. The van der Waals surface area contributed by atoms with E-state index < -0.39 is 0 Å². The van der Waals surface area contributed by atoms with Gasteiger partial charge in [0.1, 0.15) is 0 Å². The van der Waals surface area contributed by atoms with Gasteiger partial charge in [-0.1, -0.05) is 56.5 Å². The lowest BCUT2D eigenvalue weighted by molar-refractivity contribution is 0.157. The van der Waals surface area contributed by atoms with Crippen LogP contribution in [0.3, 0.4) is 0 Å². The van der Waals surface area contributed by atoms with Gasteiger partial charge in [-0.05, 0) is 44.3 Å². The summed E-state index contributed by atoms with van der Waals surface area (Å²) in [6.45, 7) is 7.01. The monoisotopic (exact) mass is 288 g/mol. The van der Waals surface area contributed by atoms with E-state index in [1.165, 1.54) is 57.2 Å². The average molecular weight is 288 g/mol. The molecule has 21 heavy (non-hydrogen) atoms. The Hall–Kier alpha value is -0.860. The largest absolute Gasteiger partial charge is 0.315 e. The molecule has 1 N–H and O–H groups in total. The van der Waals surface area contributed by atoms with Crippen LogP contribution in [-0.2, 0) is 6.42 Å². The van der Waals surface area contributed by atoms with Crippen LogP contribution < -0.4 is 5.32 Å². The van der Waals surface area contributed by atoms with E-state index in [1.54, 1.807) is 0 Å². The molecule has 0 unspecified atom stereocenters. The summed E-state index contributed by atoms with van der Waals surface area (Å²) in [6, 6.07) is 11.6. The Morgan fingerprint density at radius 2 is 1.76 bits per heavy atom. The molecule has 0 bridgehead atoms. The molecule has 1 fully saturated rings. The minimum atomic E-state index is 0.856. The van der Waals surface area contributed by atoms with Crippen molar-refractivity contribution in [2.75, 3.05) is 26.2 Å². The summed E-state index contributed by atoms with van der Waals surface area (Å²) >= 11 is 0. The number of rotatable bonds is 9. The molecule has 1 aliphatic carbocycles. The maximum absolute atomic E-state index is 3.62. The van der Waals surface area contributed by atoms with Gasteiger partial charge in [0.05, 0.1) is 0 Å². The van der Waals surface area contributed by atoms with Gasteiger partial charge in [0, 0.05) is 19.1 Å². The first-order chi connectivity index (χ1) is 10.4. The highest BCUT2D eigenvalue weighted by Crippen LogP contribution is 2.22. The predicted octanol–water partition coefficient (Wildman–Crippen LogP) is 3.86. The summed E-state index contributed by atoms with van der Waals surface area (Å²) in [4.78, 5) is 2.73. The van der Waals surface area contributed by atoms with Gasteiger partial charge in [0.15, 0.2) is 0 Å². The molecule has 2 nitrogen and oxygen atoms in total. The van der Waals surface area contributed by atoms with Crippen LogP contribution in [0.2, 0.25) is 0 Å². The molecule has 1 aliphatic rings. The van der Waals surface area contributed by atoms with Crippen LogP contribution in [0.15, 0.2) is 30.3 Å². The second-order valence-electron chi connectivity index (χ2n) is 6.31. The Balaban J connectivity index is 1.62. The van der Waals surface area contributed by atoms with Crippen LogP contribution in [0.4, 0.5) is 0 Å². The van der Waals surface area contributed by atoms with Gasteiger partial charge in [-0.25, -0.2) is 0 Å². The smallest absolute Gasteiger partial charge is 0.0110 e. The Morgan fingerprint density at radius 1 is 1.00 bits per heavy atom. The van der Waals surface area contributed by atoms with Crippen molar-refractivity contribution in [3.63, 3.8) is 0 Å². The molecule has 0 radical (unpaired) electrons. The van der Waals surface area contributed by atoms with E-state index in [1.807, 2.05) is 0 Å². The quantitative estimate of drug-likeness (QED) is 0.694. The minimum Gasteiger partial charge on any atom is -0.315 e. The third-order valence-electron chi connectivity index (χ3n) is 4.61. The maximum atomic E-state index is 3.62. The van der Waals surface area contributed by atoms with E-state index in [9.17, 15) is 0 Å². The minimum absolute atomic E-state index is 0.856. The van der Waals surface area contributed by atoms with Crippen LogP contribution in [0.25, 0.3) is 0 Å². The molecule has 1 aromatic carbocycles. The fraction of sp³-hybridized carbons (Fsp3) is 0.684. The van der Waals surface area contributed by atoms with Gasteiger partial charge in [-0.15, -0.1) is 0 Å². The van der Waals surface area contributed by atoms with Crippen molar-refractivity contribution >= 4 is 0 Å². The lowest BCUT2D eigenvalue weighted by Gasteiger charge is -2.34. The van der Waals surface area contributed by atoms with Gasteiger partial charge in [0.2, 0.25) is 0 Å². The first kappa shape index (κ1) is 16.5. The summed E-state index contributed by atoms with van der Waals surface area (Å²) in [5.41, 5.74) is 1.43. The van der Waals surface area contributed by atoms with Crippen LogP contribution in [-0.4, -0.2) is 37.1 Å². The maximum Gasteiger partial charge on any atom is 0.0110 e. The summed E-state index contributed by atoms with van der Waals surface area (Å²) < 4.78 is 0. The van der Waals surface area contributed by atoms with E-state index in [4.69, 9.17) is 0 Å². The van der Waals surface area contributed by atoms with E-state index in [2.05, 4.69) is 47.5 Å². The highest BCUT2D eigenvalue weighted by Gasteiger charge is 2.19. The van der Waals surface area contributed by atoms with E-state index >= 15 is 0 Å². The molecule has 1 saturated carbocycles. The Labute approximate surface area is 130 Å². The highest BCUT2D eigenvalue weighted by molar-refractivity contribution is 5.14. The molecule has 0 aliphatic heterocycles. The topological polar surface area (TPSA) is 15.3 Å². The lowest BCUT2D eigenvalue weighted by Crippen LogP contribution is -2.41. The Bertz CT molecular complexity index is 357. The van der Waals surface area contributed by atoms with E-state index in [0.717, 1.165) is 25.6 Å². The van der Waals surface area contributed by atoms with Crippen LogP contribution in [0.5, 0.6) is 0 Å². The predicted molar refractivity (Wildman–Crippen MR) is 91.8 cm³/mol. The van der Waals surface area contributed by atoms with Crippen LogP contribution in [0.1, 0.15) is 51.0 Å². The first-order valence-corrected chi connectivity index (χ1v) is 8.89. The average Bonchev–Trinajstić information content (AvgIpc) is 2.55. The molecule has 0 amide bonds. The molecular formula is C19H32N2. The second kappa shape index (κ2) is 9.97. The summed E-state index contributed by atoms with van der Waals surface area (Å²) in [6.07, 6.45) is 9.58. The summed E-state index contributed by atoms with van der Waals surface area (Å²) in [7, 11) is 0. The molecule has 0 aromatic heterocycles. The number of hydrogen-bond donors (Lipinski definition) is 1. The fourth-order valence-corrected chi connectivity index (χ4v) is 3.44. The van der Waals surface area contributed by atoms with Crippen LogP contribution >= 0.6 is 0 Å². The van der Waals surface area contributed by atoms with Crippen molar-refractivity contribution in [1.82, 2.24) is 10.2 Å². The number of hydrogen-bond acceptors (Lipinski definition) is 2. The molecule has 0 saturated heterocycles. The summed E-state index contributed by atoms with van der Waals surface area (Å²) in [5.74, 6) is 0. The van der Waals surface area contributed by atoms with Gasteiger partial charge in [-0.3, -0.25) is 4.90 Å². The van der Waals surface area contributed by atoms with Crippen molar-refractivity contribution in [2.24, 2.45) is 0 Å². The van der Waals surface area contributed by atoms with Crippen molar-refractivity contribution in [3.05, 3.63) is 35.9 Å². The van der Waals surface area contributed by atoms with Gasteiger partial charge in [-0.2, -0.15) is 0 Å². The molecule has 118 valence electrons. The SMILES string of the molecule is CCCN(CCNCCc1ccccc1)C1CCCCC1. The molecule has 0 heterocycles. The second-order valence-corrected chi connectivity index (χ2v) is 6.31. The molecule has 2 heteroatoms. The highest BCUT2D eigenvalue weighted by atomic mass is 15.2. The number of benzene rings is 1. The lowest BCUT2D eigenvalue weighted by atomic mass is 9.94. The van der Waals surface area contributed by atoms with Crippen molar-refractivity contribution < 1.29 is 0 Å². The number of nitrogens with zero attached hydrogens (tertiary/aromatic N) is 1. The Morgan fingerprint density at radius 3 is 2.48 bits per heavy atom. The van der Waals surface area contributed by atoms with E-state index in [0.29, 0.717) is 0 Å². The molecule has 0 spiro atoms. The zero-order valence-corrected chi connectivity index (χ0v) is 13.7. The van der Waals surface area contributed by atoms with Gasteiger partial charge in [0.25, 0.3) is 0 Å². The fourth-order valence-electron chi connectivity index (χ4n) is 3.44. The van der Waals surface area contributed by atoms with Gasteiger partial charge < -0.3 is 5.32 Å². The van der Waals surface area contributed by atoms with Crippen molar-refractivity contribution in [2.45, 2.75) is 57.9 Å².